The highest BCUT2D eigenvalue weighted by atomic mass is 79.9. The number of benzene rings is 2. The van der Waals surface area contributed by atoms with Gasteiger partial charge in [0.05, 0.1) is 5.69 Å². The molecular formula is C17H13BrN2O. The van der Waals surface area contributed by atoms with E-state index in [1.54, 1.807) is 18.3 Å². The van der Waals surface area contributed by atoms with Crippen molar-refractivity contribution in [3.05, 3.63) is 76.0 Å². The van der Waals surface area contributed by atoms with E-state index in [-0.39, 0.29) is 0 Å². The first kappa shape index (κ1) is 13.8. The van der Waals surface area contributed by atoms with Gasteiger partial charge in [-0.3, -0.25) is 9.78 Å². The van der Waals surface area contributed by atoms with E-state index >= 15 is 0 Å². The van der Waals surface area contributed by atoms with Crippen LogP contribution in [-0.2, 0) is 6.42 Å². The van der Waals surface area contributed by atoms with Gasteiger partial charge in [0, 0.05) is 33.4 Å². The Kier molecular flexibility index (Phi) is 3.71. The molecule has 3 nitrogen and oxygen atoms in total. The van der Waals surface area contributed by atoms with E-state index in [9.17, 15) is 4.79 Å². The average Bonchev–Trinajstić information content (AvgIpc) is 2.51. The van der Waals surface area contributed by atoms with E-state index in [0.29, 0.717) is 5.56 Å². The molecule has 2 aromatic carbocycles. The third-order valence-electron chi connectivity index (χ3n) is 3.42. The number of pyridine rings is 1. The first-order valence-electron chi connectivity index (χ1n) is 6.56. The van der Waals surface area contributed by atoms with E-state index in [2.05, 4.69) is 33.0 Å². The number of nitrogens with two attached hydrogens (primary N) is 1. The number of hydrogen-bond donors (Lipinski definition) is 1. The number of primary amides is 1. The smallest absolute Gasteiger partial charge is 0.248 e. The first-order valence-corrected chi connectivity index (χ1v) is 7.35. The van der Waals surface area contributed by atoms with Crippen molar-refractivity contribution < 1.29 is 4.79 Å². The van der Waals surface area contributed by atoms with E-state index in [1.165, 1.54) is 5.56 Å². The molecule has 0 unspecified atom stereocenters. The first-order chi connectivity index (χ1) is 10.1. The van der Waals surface area contributed by atoms with E-state index < -0.39 is 5.91 Å². The van der Waals surface area contributed by atoms with Gasteiger partial charge in [-0.25, -0.2) is 0 Å². The molecule has 0 aliphatic carbocycles. The molecule has 0 bridgehead atoms. The average molecular weight is 341 g/mol. The Bertz CT molecular complexity index is 816. The number of halogens is 1. The van der Waals surface area contributed by atoms with E-state index in [0.717, 1.165) is 27.4 Å². The zero-order valence-electron chi connectivity index (χ0n) is 11.2. The van der Waals surface area contributed by atoms with Crippen LogP contribution in [-0.4, -0.2) is 10.9 Å². The van der Waals surface area contributed by atoms with E-state index in [1.807, 2.05) is 24.3 Å². The van der Waals surface area contributed by atoms with Crippen molar-refractivity contribution in [2.45, 2.75) is 6.42 Å². The van der Waals surface area contributed by atoms with Gasteiger partial charge in [-0.05, 0) is 33.6 Å². The third-order valence-corrected chi connectivity index (χ3v) is 4.05. The van der Waals surface area contributed by atoms with E-state index in [4.69, 9.17) is 5.73 Å². The summed E-state index contributed by atoms with van der Waals surface area (Å²) in [5, 5.41) is 1.98. The van der Waals surface area contributed by atoms with Crippen molar-refractivity contribution in [1.29, 1.82) is 0 Å². The van der Waals surface area contributed by atoms with Crippen LogP contribution < -0.4 is 5.73 Å². The number of aromatic nitrogens is 1. The van der Waals surface area contributed by atoms with Crippen molar-refractivity contribution >= 4 is 32.6 Å². The molecule has 104 valence electrons. The number of hydrogen-bond acceptors (Lipinski definition) is 2. The molecule has 0 atom stereocenters. The van der Waals surface area contributed by atoms with Gasteiger partial charge >= 0.3 is 0 Å². The quantitative estimate of drug-likeness (QED) is 0.790. The minimum absolute atomic E-state index is 0.426. The second-order valence-electron chi connectivity index (χ2n) is 4.84. The fourth-order valence-electron chi connectivity index (χ4n) is 2.35. The van der Waals surface area contributed by atoms with Gasteiger partial charge < -0.3 is 5.73 Å². The highest BCUT2D eigenvalue weighted by Crippen LogP contribution is 2.27. The molecule has 3 aromatic rings. The van der Waals surface area contributed by atoms with Gasteiger partial charge in [0.25, 0.3) is 0 Å². The number of amides is 1. The van der Waals surface area contributed by atoms with Crippen LogP contribution >= 0.6 is 15.9 Å². The SMILES string of the molecule is NC(=O)c1ccc2c(Cc3ccccc3)ncc(Br)c2c1. The summed E-state index contributed by atoms with van der Waals surface area (Å²) in [6.07, 6.45) is 2.52. The summed E-state index contributed by atoms with van der Waals surface area (Å²) < 4.78 is 0.859. The maximum Gasteiger partial charge on any atom is 0.248 e. The molecule has 1 aromatic heterocycles. The molecule has 0 fully saturated rings. The minimum Gasteiger partial charge on any atom is -0.366 e. The lowest BCUT2D eigenvalue weighted by Crippen LogP contribution is -2.10. The van der Waals surface area contributed by atoms with Crippen LogP contribution in [0.2, 0.25) is 0 Å². The van der Waals surface area contributed by atoms with Crippen LogP contribution in [0.15, 0.2) is 59.2 Å². The monoisotopic (exact) mass is 340 g/mol. The molecule has 0 saturated carbocycles. The standard InChI is InChI=1S/C17H13BrN2O/c18-15-10-20-16(8-11-4-2-1-3-5-11)13-7-6-12(17(19)21)9-14(13)15/h1-7,9-10H,8H2,(H2,19,21). The second kappa shape index (κ2) is 5.66. The highest BCUT2D eigenvalue weighted by Gasteiger charge is 2.09. The zero-order valence-corrected chi connectivity index (χ0v) is 12.8. The Hall–Kier alpha value is -2.20. The second-order valence-corrected chi connectivity index (χ2v) is 5.69. The summed E-state index contributed by atoms with van der Waals surface area (Å²) >= 11 is 3.49. The van der Waals surface area contributed by atoms with Gasteiger partial charge in [0.1, 0.15) is 0 Å². The van der Waals surface area contributed by atoms with Gasteiger partial charge in [-0.15, -0.1) is 0 Å². The van der Waals surface area contributed by atoms with Crippen LogP contribution in [0.25, 0.3) is 10.8 Å². The Morgan fingerprint density at radius 1 is 1.10 bits per heavy atom. The van der Waals surface area contributed by atoms with Gasteiger partial charge in [-0.2, -0.15) is 0 Å². The van der Waals surface area contributed by atoms with Crippen molar-refractivity contribution in [2.24, 2.45) is 5.73 Å². The Morgan fingerprint density at radius 2 is 1.86 bits per heavy atom. The van der Waals surface area contributed by atoms with Gasteiger partial charge in [-0.1, -0.05) is 36.4 Å². The summed E-state index contributed by atoms with van der Waals surface area (Å²) in [7, 11) is 0. The molecule has 0 aliphatic heterocycles. The number of fused-ring (bicyclic) bond motifs is 1. The molecule has 3 rings (SSSR count). The number of carbonyl (C=O) groups excluding carboxylic acids is 1. The Labute approximate surface area is 130 Å². The van der Waals surface area contributed by atoms with Crippen LogP contribution in [0.5, 0.6) is 0 Å². The molecule has 0 radical (unpaired) electrons. The number of rotatable bonds is 3. The largest absolute Gasteiger partial charge is 0.366 e. The maximum absolute atomic E-state index is 11.3. The lowest BCUT2D eigenvalue weighted by molar-refractivity contribution is 0.100. The molecular weight excluding hydrogens is 328 g/mol. The van der Waals surface area contributed by atoms with Crippen molar-refractivity contribution in [3.8, 4) is 0 Å². The molecule has 4 heteroatoms. The minimum atomic E-state index is -0.426. The topological polar surface area (TPSA) is 56.0 Å². The van der Waals surface area contributed by atoms with Crippen LogP contribution in [0.4, 0.5) is 0 Å². The normalized spacial score (nSPS) is 10.7. The van der Waals surface area contributed by atoms with Crippen LogP contribution in [0, 0.1) is 0 Å². The predicted molar refractivity (Wildman–Crippen MR) is 87.2 cm³/mol. The molecule has 0 aliphatic rings. The van der Waals surface area contributed by atoms with Gasteiger partial charge in [0.15, 0.2) is 0 Å². The van der Waals surface area contributed by atoms with Crippen molar-refractivity contribution in [1.82, 2.24) is 4.98 Å². The molecule has 1 amide bonds. The molecule has 0 saturated heterocycles. The van der Waals surface area contributed by atoms with Crippen molar-refractivity contribution in [2.75, 3.05) is 0 Å². The van der Waals surface area contributed by atoms with Crippen LogP contribution in [0.1, 0.15) is 21.6 Å². The molecule has 1 heterocycles. The van der Waals surface area contributed by atoms with Crippen LogP contribution in [0.3, 0.4) is 0 Å². The summed E-state index contributed by atoms with van der Waals surface area (Å²) in [5.74, 6) is -0.426. The van der Waals surface area contributed by atoms with Crippen molar-refractivity contribution in [3.63, 3.8) is 0 Å². The summed E-state index contributed by atoms with van der Waals surface area (Å²) in [4.78, 5) is 15.8. The lowest BCUT2D eigenvalue weighted by atomic mass is 10.0. The summed E-state index contributed by atoms with van der Waals surface area (Å²) in [6, 6.07) is 15.6. The summed E-state index contributed by atoms with van der Waals surface area (Å²) in [5.41, 5.74) is 8.03. The lowest BCUT2D eigenvalue weighted by Gasteiger charge is -2.08. The fraction of sp³-hybridized carbons (Fsp3) is 0.0588. The fourth-order valence-corrected chi connectivity index (χ4v) is 2.78. The highest BCUT2D eigenvalue weighted by molar-refractivity contribution is 9.10. The Balaban J connectivity index is 2.12. The molecule has 0 spiro atoms. The maximum atomic E-state index is 11.3. The third kappa shape index (κ3) is 2.81. The molecule has 21 heavy (non-hydrogen) atoms. The van der Waals surface area contributed by atoms with Gasteiger partial charge in [0.2, 0.25) is 5.91 Å². The number of nitrogens with zero attached hydrogens (tertiary/aromatic N) is 1. The molecule has 2 N–H and O–H groups in total. The predicted octanol–water partition coefficient (Wildman–Crippen LogP) is 3.69. The zero-order chi connectivity index (χ0) is 14.8. The number of carbonyl (C=O) groups is 1. The Morgan fingerprint density at radius 3 is 2.57 bits per heavy atom. The summed E-state index contributed by atoms with van der Waals surface area (Å²) in [6.45, 7) is 0.